The van der Waals surface area contributed by atoms with Crippen molar-refractivity contribution in [2.75, 3.05) is 10.2 Å². The van der Waals surface area contributed by atoms with Crippen molar-refractivity contribution in [1.29, 1.82) is 0 Å². The van der Waals surface area contributed by atoms with E-state index in [2.05, 4.69) is 15.6 Å². The molecule has 0 saturated carbocycles. The monoisotopic (exact) mass is 498 g/mol. The number of carbonyl (C=O) groups excluding carboxylic acids is 3. The van der Waals surface area contributed by atoms with E-state index in [1.54, 1.807) is 31.2 Å². The van der Waals surface area contributed by atoms with Crippen LogP contribution in [-0.4, -0.2) is 35.8 Å². The Labute approximate surface area is 216 Å². The zero-order valence-corrected chi connectivity index (χ0v) is 21.0. The number of alkyl carbamates (subject to hydrolysis) is 1. The van der Waals surface area contributed by atoms with Gasteiger partial charge in [-0.2, -0.15) is 0 Å². The van der Waals surface area contributed by atoms with Crippen molar-refractivity contribution >= 4 is 35.0 Å². The van der Waals surface area contributed by atoms with Crippen LogP contribution < -0.4 is 15.5 Å². The Hall–Kier alpha value is -4.46. The minimum Gasteiger partial charge on any atom is -0.445 e. The molecule has 0 radical (unpaired) electrons. The van der Waals surface area contributed by atoms with Crippen molar-refractivity contribution in [2.24, 2.45) is 10.9 Å². The van der Waals surface area contributed by atoms with Gasteiger partial charge in [0.1, 0.15) is 12.6 Å². The standard InChI is InChI=1S/C29H30N4O4/c1-19(2)25(27(34)31-22-14-8-5-9-15-22)33-24-17-11-10-16-23(24)20(3)30-26(28(33)35)32-29(36)37-18-21-12-6-4-7-13-21/h4-17,19,25-26H,18H2,1-3H3,(H,31,34)(H,32,36). The van der Waals surface area contributed by atoms with Crippen LogP contribution >= 0.6 is 0 Å². The molecule has 190 valence electrons. The minimum absolute atomic E-state index is 0.0499. The van der Waals surface area contributed by atoms with Gasteiger partial charge < -0.3 is 10.1 Å². The first kappa shape index (κ1) is 25.6. The summed E-state index contributed by atoms with van der Waals surface area (Å²) in [5, 5.41) is 5.50. The van der Waals surface area contributed by atoms with Crippen molar-refractivity contribution in [3.05, 3.63) is 96.1 Å². The van der Waals surface area contributed by atoms with Crippen molar-refractivity contribution < 1.29 is 19.1 Å². The summed E-state index contributed by atoms with van der Waals surface area (Å²) < 4.78 is 5.33. The molecule has 1 aliphatic rings. The van der Waals surface area contributed by atoms with E-state index in [0.29, 0.717) is 22.6 Å². The van der Waals surface area contributed by atoms with Crippen molar-refractivity contribution in [3.63, 3.8) is 0 Å². The Morgan fingerprint density at radius 2 is 1.57 bits per heavy atom. The first-order chi connectivity index (χ1) is 17.8. The van der Waals surface area contributed by atoms with E-state index < -0.39 is 24.2 Å². The summed E-state index contributed by atoms with van der Waals surface area (Å²) in [6.45, 7) is 5.57. The zero-order chi connectivity index (χ0) is 26.4. The van der Waals surface area contributed by atoms with Crippen molar-refractivity contribution in [2.45, 2.75) is 39.6 Å². The predicted octanol–water partition coefficient (Wildman–Crippen LogP) is 4.76. The number of carbonyl (C=O) groups is 3. The lowest BCUT2D eigenvalue weighted by Crippen LogP contribution is -2.56. The maximum atomic E-state index is 13.9. The zero-order valence-electron chi connectivity index (χ0n) is 21.0. The van der Waals surface area contributed by atoms with Crippen molar-refractivity contribution in [1.82, 2.24) is 5.32 Å². The second kappa shape index (κ2) is 11.5. The highest BCUT2D eigenvalue weighted by molar-refractivity contribution is 6.15. The number of fused-ring (bicyclic) bond motifs is 1. The number of ether oxygens (including phenoxy) is 1. The summed E-state index contributed by atoms with van der Waals surface area (Å²) in [4.78, 5) is 46.1. The average Bonchev–Trinajstić information content (AvgIpc) is 2.99. The van der Waals surface area contributed by atoms with Gasteiger partial charge in [0.2, 0.25) is 12.1 Å². The van der Waals surface area contributed by atoms with Gasteiger partial charge in [-0.25, -0.2) is 4.79 Å². The third-order valence-corrected chi connectivity index (χ3v) is 6.03. The third kappa shape index (κ3) is 6.03. The van der Waals surface area contributed by atoms with E-state index in [9.17, 15) is 14.4 Å². The molecule has 0 aliphatic carbocycles. The molecule has 0 spiro atoms. The Kier molecular flexibility index (Phi) is 7.98. The van der Waals surface area contributed by atoms with Crippen LogP contribution in [0.5, 0.6) is 0 Å². The number of benzene rings is 3. The molecule has 0 aromatic heterocycles. The normalized spacial score (nSPS) is 15.8. The summed E-state index contributed by atoms with van der Waals surface area (Å²) in [6, 6.07) is 24.7. The van der Waals surface area contributed by atoms with Crippen LogP contribution in [0, 0.1) is 5.92 Å². The van der Waals surface area contributed by atoms with Gasteiger partial charge in [-0.15, -0.1) is 0 Å². The predicted molar refractivity (Wildman–Crippen MR) is 143 cm³/mol. The largest absolute Gasteiger partial charge is 0.445 e. The molecule has 37 heavy (non-hydrogen) atoms. The lowest BCUT2D eigenvalue weighted by atomic mass is 9.98. The first-order valence-electron chi connectivity index (χ1n) is 12.1. The van der Waals surface area contributed by atoms with E-state index in [4.69, 9.17) is 4.74 Å². The van der Waals surface area contributed by atoms with E-state index in [-0.39, 0.29) is 18.4 Å². The summed E-state index contributed by atoms with van der Waals surface area (Å²) in [7, 11) is 0. The van der Waals surface area contributed by atoms with Crippen LogP contribution in [0.3, 0.4) is 0 Å². The molecule has 2 atom stereocenters. The molecule has 1 aliphatic heterocycles. The number of rotatable bonds is 7. The summed E-state index contributed by atoms with van der Waals surface area (Å²) in [5.74, 6) is -1.11. The van der Waals surface area contributed by atoms with Gasteiger partial charge in [0.25, 0.3) is 5.91 Å². The Balaban J connectivity index is 1.63. The smallest absolute Gasteiger partial charge is 0.409 e. The molecular weight excluding hydrogens is 468 g/mol. The van der Waals surface area contributed by atoms with Crippen LogP contribution in [0.25, 0.3) is 0 Å². The number of hydrogen-bond donors (Lipinski definition) is 2. The highest BCUT2D eigenvalue weighted by Gasteiger charge is 2.40. The molecule has 3 aromatic carbocycles. The van der Waals surface area contributed by atoms with Gasteiger partial charge >= 0.3 is 6.09 Å². The molecule has 1 heterocycles. The second-order valence-corrected chi connectivity index (χ2v) is 9.09. The molecule has 0 bridgehead atoms. The number of amides is 3. The van der Waals surface area contributed by atoms with Gasteiger partial charge in [0, 0.05) is 17.0 Å². The van der Waals surface area contributed by atoms with E-state index in [1.165, 1.54) is 4.90 Å². The van der Waals surface area contributed by atoms with Gasteiger partial charge in [-0.05, 0) is 36.6 Å². The number of aliphatic imine (C=N–C) groups is 1. The van der Waals surface area contributed by atoms with Gasteiger partial charge in [0.05, 0.1) is 5.69 Å². The number of anilines is 2. The van der Waals surface area contributed by atoms with Crippen LogP contribution in [0.15, 0.2) is 89.9 Å². The number of nitrogens with one attached hydrogen (secondary N) is 2. The Morgan fingerprint density at radius 1 is 0.946 bits per heavy atom. The quantitative estimate of drug-likeness (QED) is 0.491. The lowest BCUT2D eigenvalue weighted by molar-refractivity contribution is -0.125. The van der Waals surface area contributed by atoms with Gasteiger partial charge in [-0.1, -0.05) is 80.6 Å². The van der Waals surface area contributed by atoms with E-state index in [0.717, 1.165) is 5.56 Å². The van der Waals surface area contributed by atoms with Crippen LogP contribution in [0.4, 0.5) is 16.2 Å². The highest BCUT2D eigenvalue weighted by atomic mass is 16.5. The maximum Gasteiger partial charge on any atom is 0.409 e. The van der Waals surface area contributed by atoms with Crippen LogP contribution in [-0.2, 0) is 20.9 Å². The lowest BCUT2D eigenvalue weighted by Gasteiger charge is -2.34. The van der Waals surface area contributed by atoms with Gasteiger partial charge in [0.15, 0.2) is 0 Å². The molecule has 2 unspecified atom stereocenters. The molecule has 3 amide bonds. The first-order valence-corrected chi connectivity index (χ1v) is 12.1. The second-order valence-electron chi connectivity index (χ2n) is 9.09. The van der Waals surface area contributed by atoms with Crippen molar-refractivity contribution in [3.8, 4) is 0 Å². The molecule has 8 heteroatoms. The summed E-state index contributed by atoms with van der Waals surface area (Å²) in [5.41, 5.74) is 3.26. The molecule has 8 nitrogen and oxygen atoms in total. The van der Waals surface area contributed by atoms with E-state index in [1.807, 2.05) is 74.5 Å². The van der Waals surface area contributed by atoms with Crippen LogP contribution in [0.2, 0.25) is 0 Å². The number of para-hydroxylation sites is 2. The number of benzodiazepines with no additional fused rings is 1. The fraction of sp³-hybridized carbons (Fsp3) is 0.241. The SMILES string of the molecule is CC1=NC(NC(=O)OCc2ccccc2)C(=O)N(C(C(=O)Nc2ccccc2)C(C)C)c2ccccc21. The Bertz CT molecular complexity index is 1290. The average molecular weight is 499 g/mol. The fourth-order valence-electron chi connectivity index (χ4n) is 4.27. The molecule has 0 saturated heterocycles. The molecule has 3 aromatic rings. The molecule has 0 fully saturated rings. The molecular formula is C29H30N4O4. The van der Waals surface area contributed by atoms with Gasteiger partial charge in [-0.3, -0.25) is 24.8 Å². The van der Waals surface area contributed by atoms with E-state index >= 15 is 0 Å². The Morgan fingerprint density at radius 3 is 2.24 bits per heavy atom. The fourth-order valence-corrected chi connectivity index (χ4v) is 4.27. The highest BCUT2D eigenvalue weighted by Crippen LogP contribution is 2.30. The molecule has 4 rings (SSSR count). The third-order valence-electron chi connectivity index (χ3n) is 6.03. The summed E-state index contributed by atoms with van der Waals surface area (Å²) in [6.07, 6.45) is -2.04. The number of nitrogens with zero attached hydrogens (tertiary/aromatic N) is 2. The number of hydrogen-bond acceptors (Lipinski definition) is 5. The van der Waals surface area contributed by atoms with Crippen LogP contribution in [0.1, 0.15) is 31.9 Å². The molecule has 2 N–H and O–H groups in total. The maximum absolute atomic E-state index is 13.9. The minimum atomic E-state index is -1.26. The summed E-state index contributed by atoms with van der Waals surface area (Å²) >= 11 is 0. The topological polar surface area (TPSA) is 100 Å².